The van der Waals surface area contributed by atoms with Gasteiger partial charge in [-0.1, -0.05) is 0 Å². The Balaban J connectivity index is 2.01. The van der Waals surface area contributed by atoms with Gasteiger partial charge in [0.2, 0.25) is 10.0 Å². The summed E-state index contributed by atoms with van der Waals surface area (Å²) in [4.78, 5) is 21.4. The summed E-state index contributed by atoms with van der Waals surface area (Å²) in [5.41, 5.74) is 0.283. The van der Waals surface area contributed by atoms with Crippen molar-refractivity contribution in [3.8, 4) is 0 Å². The third-order valence-corrected chi connectivity index (χ3v) is 4.08. The monoisotopic (exact) mass is 270 g/mol. The maximum absolute atomic E-state index is 12.0. The second-order valence-corrected chi connectivity index (χ2v) is 6.03. The number of aromatic nitrogens is 2. The fourth-order valence-corrected chi connectivity index (χ4v) is 2.62. The standard InChI is InChI=1S/C10H14N4O3S/c1-18(16,17)14-6-4-13(5-7-14)10(15)9-8-11-2-3-12-9/h2-3,8H,4-7H2,1H3. The Labute approximate surface area is 105 Å². The van der Waals surface area contributed by atoms with Crippen molar-refractivity contribution in [3.63, 3.8) is 0 Å². The molecule has 1 amide bonds. The molecule has 1 aliphatic heterocycles. The summed E-state index contributed by atoms with van der Waals surface area (Å²) in [5, 5.41) is 0. The minimum atomic E-state index is -3.17. The van der Waals surface area contributed by atoms with Gasteiger partial charge in [0, 0.05) is 38.6 Å². The Hall–Kier alpha value is -1.54. The molecular formula is C10H14N4O3S. The Morgan fingerprint density at radius 3 is 2.39 bits per heavy atom. The van der Waals surface area contributed by atoms with Gasteiger partial charge in [-0.2, -0.15) is 4.31 Å². The molecule has 0 radical (unpaired) electrons. The van der Waals surface area contributed by atoms with Crippen LogP contribution < -0.4 is 0 Å². The van der Waals surface area contributed by atoms with Gasteiger partial charge >= 0.3 is 0 Å². The lowest BCUT2D eigenvalue weighted by atomic mass is 10.3. The second kappa shape index (κ2) is 4.99. The molecule has 2 rings (SSSR count). The molecule has 0 spiro atoms. The minimum absolute atomic E-state index is 0.212. The van der Waals surface area contributed by atoms with Crippen molar-refractivity contribution >= 4 is 15.9 Å². The zero-order valence-electron chi connectivity index (χ0n) is 9.98. The van der Waals surface area contributed by atoms with Crippen LogP contribution in [0, 0.1) is 0 Å². The average Bonchev–Trinajstić information content (AvgIpc) is 2.38. The van der Waals surface area contributed by atoms with Crippen molar-refractivity contribution in [1.82, 2.24) is 19.2 Å². The van der Waals surface area contributed by atoms with Gasteiger partial charge in [0.05, 0.1) is 12.5 Å². The Kier molecular flexibility index (Phi) is 3.58. The highest BCUT2D eigenvalue weighted by molar-refractivity contribution is 7.88. The van der Waals surface area contributed by atoms with Crippen molar-refractivity contribution < 1.29 is 13.2 Å². The molecule has 0 unspecified atom stereocenters. The van der Waals surface area contributed by atoms with Crippen LogP contribution in [0.1, 0.15) is 10.5 Å². The molecule has 0 atom stereocenters. The fraction of sp³-hybridized carbons (Fsp3) is 0.500. The zero-order valence-corrected chi connectivity index (χ0v) is 10.8. The van der Waals surface area contributed by atoms with Crippen LogP contribution in [0.2, 0.25) is 0 Å². The first kappa shape index (κ1) is 12.9. The van der Waals surface area contributed by atoms with E-state index in [4.69, 9.17) is 0 Å². The van der Waals surface area contributed by atoms with Gasteiger partial charge in [-0.05, 0) is 0 Å². The number of sulfonamides is 1. The van der Waals surface area contributed by atoms with Crippen LogP contribution in [-0.4, -0.2) is 65.9 Å². The summed E-state index contributed by atoms with van der Waals surface area (Å²) in [6.07, 6.45) is 5.54. The van der Waals surface area contributed by atoms with Crippen LogP contribution in [0.4, 0.5) is 0 Å². The lowest BCUT2D eigenvalue weighted by Gasteiger charge is -2.32. The lowest BCUT2D eigenvalue weighted by Crippen LogP contribution is -2.50. The van der Waals surface area contributed by atoms with E-state index in [0.29, 0.717) is 26.2 Å². The number of nitrogens with zero attached hydrogens (tertiary/aromatic N) is 4. The van der Waals surface area contributed by atoms with Gasteiger partial charge in [-0.3, -0.25) is 9.78 Å². The second-order valence-electron chi connectivity index (χ2n) is 4.04. The van der Waals surface area contributed by atoms with Crippen molar-refractivity contribution in [2.24, 2.45) is 0 Å². The molecule has 0 N–H and O–H groups in total. The van der Waals surface area contributed by atoms with Crippen LogP contribution in [0.3, 0.4) is 0 Å². The first-order valence-electron chi connectivity index (χ1n) is 5.49. The Bertz CT molecular complexity index is 523. The fourth-order valence-electron chi connectivity index (χ4n) is 1.79. The predicted molar refractivity (Wildman–Crippen MR) is 64.4 cm³/mol. The molecule has 2 heterocycles. The van der Waals surface area contributed by atoms with Crippen molar-refractivity contribution in [3.05, 3.63) is 24.3 Å². The SMILES string of the molecule is CS(=O)(=O)N1CCN(C(=O)c2cnccn2)CC1. The van der Waals surface area contributed by atoms with E-state index in [1.807, 2.05) is 0 Å². The molecule has 1 aliphatic rings. The third-order valence-electron chi connectivity index (χ3n) is 2.78. The topological polar surface area (TPSA) is 83.5 Å². The number of hydrogen-bond donors (Lipinski definition) is 0. The molecule has 8 heteroatoms. The van der Waals surface area contributed by atoms with Crippen molar-refractivity contribution in [1.29, 1.82) is 0 Å². The Morgan fingerprint density at radius 1 is 1.22 bits per heavy atom. The van der Waals surface area contributed by atoms with E-state index in [2.05, 4.69) is 9.97 Å². The summed E-state index contributed by atoms with van der Waals surface area (Å²) in [7, 11) is -3.17. The summed E-state index contributed by atoms with van der Waals surface area (Å²) in [5.74, 6) is -0.212. The summed E-state index contributed by atoms with van der Waals surface area (Å²) in [6.45, 7) is 1.40. The molecule has 1 aromatic heterocycles. The van der Waals surface area contributed by atoms with Crippen molar-refractivity contribution in [2.45, 2.75) is 0 Å². The van der Waals surface area contributed by atoms with Crippen LogP contribution in [0.15, 0.2) is 18.6 Å². The molecule has 0 aromatic carbocycles. The number of carbonyl (C=O) groups excluding carboxylic acids is 1. The predicted octanol–water partition coefficient (Wildman–Crippen LogP) is -0.806. The summed E-state index contributed by atoms with van der Waals surface area (Å²) in [6, 6.07) is 0. The molecular weight excluding hydrogens is 256 g/mol. The first-order chi connectivity index (χ1) is 8.48. The van der Waals surface area contributed by atoms with Crippen molar-refractivity contribution in [2.75, 3.05) is 32.4 Å². The van der Waals surface area contributed by atoms with Gasteiger partial charge < -0.3 is 4.90 Å². The van der Waals surface area contributed by atoms with Gasteiger partial charge in [-0.15, -0.1) is 0 Å². The van der Waals surface area contributed by atoms with E-state index >= 15 is 0 Å². The highest BCUT2D eigenvalue weighted by atomic mass is 32.2. The third kappa shape index (κ3) is 2.82. The molecule has 1 aromatic rings. The van der Waals surface area contributed by atoms with E-state index in [9.17, 15) is 13.2 Å². The number of amides is 1. The molecule has 18 heavy (non-hydrogen) atoms. The van der Waals surface area contributed by atoms with E-state index in [-0.39, 0.29) is 11.6 Å². The number of piperazine rings is 1. The molecule has 0 aliphatic carbocycles. The minimum Gasteiger partial charge on any atom is -0.335 e. The Morgan fingerprint density at radius 2 is 1.89 bits per heavy atom. The number of rotatable bonds is 2. The van der Waals surface area contributed by atoms with Crippen LogP contribution >= 0.6 is 0 Å². The van der Waals surface area contributed by atoms with Gasteiger partial charge in [-0.25, -0.2) is 13.4 Å². The number of hydrogen-bond acceptors (Lipinski definition) is 5. The van der Waals surface area contributed by atoms with E-state index < -0.39 is 10.0 Å². The molecule has 0 bridgehead atoms. The van der Waals surface area contributed by atoms with Crippen LogP contribution in [0.5, 0.6) is 0 Å². The molecule has 0 saturated carbocycles. The van der Waals surface area contributed by atoms with E-state index in [1.165, 1.54) is 29.2 Å². The smallest absolute Gasteiger partial charge is 0.274 e. The maximum atomic E-state index is 12.0. The first-order valence-corrected chi connectivity index (χ1v) is 7.34. The number of carbonyl (C=O) groups is 1. The quantitative estimate of drug-likeness (QED) is 0.702. The average molecular weight is 270 g/mol. The largest absolute Gasteiger partial charge is 0.335 e. The summed E-state index contributed by atoms with van der Waals surface area (Å²) < 4.78 is 24.0. The van der Waals surface area contributed by atoms with Gasteiger partial charge in [0.25, 0.3) is 5.91 Å². The van der Waals surface area contributed by atoms with E-state index in [0.717, 1.165) is 0 Å². The van der Waals surface area contributed by atoms with Crippen LogP contribution in [-0.2, 0) is 10.0 Å². The zero-order chi connectivity index (χ0) is 13.2. The summed E-state index contributed by atoms with van der Waals surface area (Å²) >= 11 is 0. The molecule has 98 valence electrons. The lowest BCUT2D eigenvalue weighted by molar-refractivity contribution is 0.0692. The molecule has 1 fully saturated rings. The van der Waals surface area contributed by atoms with Gasteiger partial charge in [0.15, 0.2) is 0 Å². The van der Waals surface area contributed by atoms with Crippen LogP contribution in [0.25, 0.3) is 0 Å². The highest BCUT2D eigenvalue weighted by Gasteiger charge is 2.26. The normalized spacial score (nSPS) is 17.7. The highest BCUT2D eigenvalue weighted by Crippen LogP contribution is 2.08. The van der Waals surface area contributed by atoms with Gasteiger partial charge in [0.1, 0.15) is 5.69 Å². The molecule has 7 nitrogen and oxygen atoms in total. The molecule has 1 saturated heterocycles. The maximum Gasteiger partial charge on any atom is 0.274 e. The van der Waals surface area contributed by atoms with E-state index in [1.54, 1.807) is 4.90 Å².